The molecule has 0 amide bonds. The van der Waals surface area contributed by atoms with Gasteiger partial charge in [-0.05, 0) is 0 Å². The van der Waals surface area contributed by atoms with Crippen LogP contribution < -0.4 is 14.0 Å². The molecule has 0 aliphatic rings. The number of aromatic amines is 3. The summed E-state index contributed by atoms with van der Waals surface area (Å²) in [6.45, 7) is 0. The molecule has 0 saturated heterocycles. The van der Waals surface area contributed by atoms with E-state index in [-0.39, 0.29) is 51.4 Å². The maximum absolute atomic E-state index is 5.41. The average molecular weight is 299 g/mol. The van der Waals surface area contributed by atoms with E-state index in [1.807, 2.05) is 0 Å². The Morgan fingerprint density at radius 2 is 1.05 bits per heavy atom. The first-order chi connectivity index (χ1) is 9.40. The van der Waals surface area contributed by atoms with E-state index in [9.17, 15) is 0 Å². The molecule has 0 spiro atoms. The van der Waals surface area contributed by atoms with Gasteiger partial charge in [0.1, 0.15) is 0 Å². The van der Waals surface area contributed by atoms with Crippen LogP contribution >= 0.6 is 0 Å². The number of rotatable bonds is 6. The van der Waals surface area contributed by atoms with Crippen molar-refractivity contribution >= 4 is 58.7 Å². The number of hydrogen-bond acceptors (Lipinski definition) is 6. The third-order valence-electron chi connectivity index (χ3n) is 2.08. The van der Waals surface area contributed by atoms with Crippen molar-refractivity contribution in [1.82, 2.24) is 30.6 Å². The summed E-state index contributed by atoms with van der Waals surface area (Å²) in [5, 5.41) is 19.4. The second-order valence-electron chi connectivity index (χ2n) is 3.38. The van der Waals surface area contributed by atoms with Crippen LogP contribution in [0, 0.1) is 0 Å². The summed E-state index contributed by atoms with van der Waals surface area (Å²) in [5.74, 6) is 0.989. The molecule has 0 unspecified atom stereocenters. The second-order valence-corrected chi connectivity index (χ2v) is 3.38. The molecule has 1 radical (unpaired) electrons. The van der Waals surface area contributed by atoms with Gasteiger partial charge in [0.05, 0.1) is 0 Å². The van der Waals surface area contributed by atoms with Crippen molar-refractivity contribution in [3.8, 4) is 17.6 Å². The summed E-state index contributed by atoms with van der Waals surface area (Å²) < 4.78 is 16.2. The van der Waals surface area contributed by atoms with Gasteiger partial charge in [0.25, 0.3) is 0 Å². The molecule has 97 valence electrons. The predicted octanol–water partition coefficient (Wildman–Crippen LogP) is -0.00320. The van der Waals surface area contributed by atoms with Crippen LogP contribution in [-0.2, 0) is 0 Å². The molecule has 20 heavy (non-hydrogen) atoms. The quantitative estimate of drug-likeness (QED) is 0.552. The van der Waals surface area contributed by atoms with Crippen LogP contribution in [0.1, 0.15) is 0 Å². The summed E-state index contributed by atoms with van der Waals surface area (Å²) in [5.41, 5.74) is 0. The first-order valence-corrected chi connectivity index (χ1v) is 5.39. The van der Waals surface area contributed by atoms with E-state index in [0.29, 0.717) is 17.6 Å². The minimum atomic E-state index is -1.06. The smallest absolute Gasteiger partial charge is 0.473 e. The number of nitrogens with zero attached hydrogens (tertiary/aromatic N) is 3. The fourth-order valence-electron chi connectivity index (χ4n) is 1.30. The van der Waals surface area contributed by atoms with Gasteiger partial charge in [0, 0.05) is 88.2 Å². The largest absolute Gasteiger partial charge is 0.867 e. The molecule has 3 aromatic heterocycles. The maximum atomic E-state index is 5.41. The standard InChI is InChI=1S/C9H9BN6O3.K/c1-4-11-14-7(1)17-10(18-8-2-5-12-15-8)19-9-3-6-13-16-9;/h1-6H,(H,11,14)(H,12,15)(H,13,16);. The maximum Gasteiger partial charge on any atom is 0.867 e. The summed E-state index contributed by atoms with van der Waals surface area (Å²) >= 11 is 0. The Balaban J connectivity index is 0.00000147. The third kappa shape index (κ3) is 4.11. The van der Waals surface area contributed by atoms with Gasteiger partial charge in [-0.3, -0.25) is 15.3 Å². The van der Waals surface area contributed by atoms with Crippen LogP contribution in [0.5, 0.6) is 17.6 Å². The van der Waals surface area contributed by atoms with Gasteiger partial charge in [0.2, 0.25) is 17.6 Å². The van der Waals surface area contributed by atoms with Crippen LogP contribution in [0.25, 0.3) is 0 Å². The van der Waals surface area contributed by atoms with E-state index in [2.05, 4.69) is 30.6 Å². The van der Waals surface area contributed by atoms with Crippen molar-refractivity contribution in [2.45, 2.75) is 0 Å². The third-order valence-corrected chi connectivity index (χ3v) is 2.08. The molecule has 3 aromatic rings. The predicted molar refractivity (Wildman–Crippen MR) is 69.2 cm³/mol. The molecule has 11 heteroatoms. The number of H-pyrrole nitrogens is 3. The Kier molecular flexibility index (Phi) is 5.67. The molecule has 9 nitrogen and oxygen atoms in total. The van der Waals surface area contributed by atoms with Gasteiger partial charge < -0.3 is 14.0 Å². The topological polar surface area (TPSA) is 114 Å². The number of nitrogens with one attached hydrogen (secondary N) is 3. The van der Waals surface area contributed by atoms with Crippen molar-refractivity contribution < 1.29 is 14.0 Å². The van der Waals surface area contributed by atoms with Crippen LogP contribution in [-0.4, -0.2) is 89.3 Å². The molecule has 3 rings (SSSR count). The number of hydrogen-bond donors (Lipinski definition) is 3. The van der Waals surface area contributed by atoms with E-state index in [1.165, 1.54) is 0 Å². The molecule has 0 aliphatic heterocycles. The molecule has 0 aromatic carbocycles. The molecule has 0 bridgehead atoms. The average Bonchev–Trinajstić information content (AvgIpc) is 3.10. The van der Waals surface area contributed by atoms with Crippen molar-refractivity contribution in [3.63, 3.8) is 0 Å². The zero-order valence-corrected chi connectivity index (χ0v) is 13.7. The Morgan fingerprint density at radius 1 is 0.700 bits per heavy atom. The Hall–Kier alpha value is -1.27. The summed E-state index contributed by atoms with van der Waals surface area (Å²) in [6.07, 6.45) is 4.86. The van der Waals surface area contributed by atoms with Crippen LogP contribution in [0.2, 0.25) is 0 Å². The molecular weight excluding hydrogens is 290 g/mol. The Morgan fingerprint density at radius 3 is 1.30 bits per heavy atom. The van der Waals surface area contributed by atoms with E-state index in [4.69, 9.17) is 14.0 Å². The monoisotopic (exact) mass is 299 g/mol. The molecular formula is C9H9BKN6O3. The molecule has 0 aliphatic carbocycles. The van der Waals surface area contributed by atoms with Gasteiger partial charge in [-0.15, -0.1) is 15.3 Å². The van der Waals surface area contributed by atoms with E-state index in [0.717, 1.165) is 0 Å². The van der Waals surface area contributed by atoms with E-state index in [1.54, 1.807) is 36.8 Å². The fraction of sp³-hybridized carbons (Fsp3) is 0. The Labute approximate surface area is 156 Å². The van der Waals surface area contributed by atoms with Crippen LogP contribution in [0.4, 0.5) is 0 Å². The minimum absolute atomic E-state index is 0. The van der Waals surface area contributed by atoms with Gasteiger partial charge >= 0.3 is 7.32 Å². The number of aromatic nitrogens is 6. The van der Waals surface area contributed by atoms with Gasteiger partial charge in [0.15, 0.2) is 0 Å². The molecule has 0 atom stereocenters. The SMILES string of the molecule is [K].c1cc(OB(Oc2cc[nH]n2)Oc2cc[nH]n2)n[nH]1. The van der Waals surface area contributed by atoms with Crippen molar-refractivity contribution in [2.24, 2.45) is 0 Å². The molecule has 0 fully saturated rings. The fourth-order valence-corrected chi connectivity index (χ4v) is 1.30. The molecule has 3 N–H and O–H groups in total. The summed E-state index contributed by atoms with van der Waals surface area (Å²) in [7, 11) is -1.06. The normalized spacial score (nSPS) is 9.60. The van der Waals surface area contributed by atoms with Gasteiger partial charge in [-0.2, -0.15) is 0 Å². The van der Waals surface area contributed by atoms with E-state index >= 15 is 0 Å². The van der Waals surface area contributed by atoms with Crippen molar-refractivity contribution in [1.29, 1.82) is 0 Å². The summed E-state index contributed by atoms with van der Waals surface area (Å²) in [6, 6.07) is 4.90. The first-order valence-electron chi connectivity index (χ1n) is 5.39. The second kappa shape index (κ2) is 7.50. The molecule has 3 heterocycles. The zero-order valence-electron chi connectivity index (χ0n) is 10.6. The van der Waals surface area contributed by atoms with Crippen molar-refractivity contribution in [3.05, 3.63) is 36.8 Å². The van der Waals surface area contributed by atoms with Crippen LogP contribution in [0.3, 0.4) is 0 Å². The van der Waals surface area contributed by atoms with Crippen molar-refractivity contribution in [2.75, 3.05) is 0 Å². The minimum Gasteiger partial charge on any atom is -0.473 e. The molecule has 0 saturated carbocycles. The van der Waals surface area contributed by atoms with Crippen LogP contribution in [0.15, 0.2) is 36.8 Å². The zero-order chi connectivity index (χ0) is 12.9. The first kappa shape index (κ1) is 15.1. The Bertz CT molecular complexity index is 501. The van der Waals surface area contributed by atoms with E-state index < -0.39 is 7.32 Å². The van der Waals surface area contributed by atoms with Gasteiger partial charge in [-0.25, -0.2) is 0 Å². The van der Waals surface area contributed by atoms with Gasteiger partial charge in [-0.1, -0.05) is 0 Å². The summed E-state index contributed by atoms with van der Waals surface area (Å²) in [4.78, 5) is 0.